The number of methoxy groups -OCH3 is 1. The fourth-order valence-electron chi connectivity index (χ4n) is 1.72. The lowest BCUT2D eigenvalue weighted by Crippen LogP contribution is -2.36. The molecule has 0 bridgehead atoms. The molecule has 0 aliphatic carbocycles. The van der Waals surface area contributed by atoms with Crippen LogP contribution in [0.2, 0.25) is 0 Å². The normalized spacial score (nSPS) is 10.2. The number of anilines is 1. The fraction of sp³-hybridized carbons (Fsp3) is 0.583. The van der Waals surface area contributed by atoms with E-state index in [-0.39, 0.29) is 12.3 Å². The van der Waals surface area contributed by atoms with Crippen LogP contribution in [0.15, 0.2) is 6.20 Å². The number of carbonyl (C=O) groups is 1. The number of amides is 1. The largest absolute Gasteiger partial charge is 0.396 e. The zero-order chi connectivity index (χ0) is 14.3. The molecule has 0 fully saturated rings. The predicted octanol–water partition coefficient (Wildman–Crippen LogP) is 0.487. The molecule has 0 aliphatic heterocycles. The summed E-state index contributed by atoms with van der Waals surface area (Å²) in [5.41, 5.74) is 6.51. The van der Waals surface area contributed by atoms with Gasteiger partial charge in [0.1, 0.15) is 5.69 Å². The molecule has 0 atom stereocenters. The van der Waals surface area contributed by atoms with Crippen LogP contribution >= 0.6 is 0 Å². The average Bonchev–Trinajstić information content (AvgIpc) is 2.79. The first-order valence-corrected chi connectivity index (χ1v) is 6.12. The van der Waals surface area contributed by atoms with Gasteiger partial charge in [-0.15, -0.1) is 0 Å². The van der Waals surface area contributed by atoms with Crippen LogP contribution in [0.5, 0.6) is 0 Å². The minimum atomic E-state index is -0.218. The van der Waals surface area contributed by atoms with E-state index in [0.717, 1.165) is 0 Å². The van der Waals surface area contributed by atoms with Crippen molar-refractivity contribution in [3.63, 3.8) is 0 Å². The van der Waals surface area contributed by atoms with Gasteiger partial charge in [-0.05, 0) is 6.92 Å². The second kappa shape index (κ2) is 7.38. The van der Waals surface area contributed by atoms with Gasteiger partial charge in [0.25, 0.3) is 5.91 Å². The zero-order valence-corrected chi connectivity index (χ0v) is 11.3. The summed E-state index contributed by atoms with van der Waals surface area (Å²) in [7, 11) is 1.57. The van der Waals surface area contributed by atoms with Crippen LogP contribution in [-0.2, 0) is 11.3 Å². The summed E-state index contributed by atoms with van der Waals surface area (Å²) in [6.45, 7) is 3.64. The molecular formula is C12H19N5O2. The van der Waals surface area contributed by atoms with Crippen molar-refractivity contribution < 1.29 is 9.53 Å². The third-order valence-corrected chi connectivity index (χ3v) is 2.72. The lowest BCUT2D eigenvalue weighted by atomic mass is 10.3. The SMILES string of the molecule is CCn1ncc(N)c1C(=O)N(CCC#N)CCOC. The number of rotatable bonds is 7. The summed E-state index contributed by atoms with van der Waals surface area (Å²) in [6, 6.07) is 2.03. The number of carbonyl (C=O) groups excluding carboxylic acids is 1. The second-order valence-electron chi connectivity index (χ2n) is 3.96. The van der Waals surface area contributed by atoms with Gasteiger partial charge >= 0.3 is 0 Å². The topological polar surface area (TPSA) is 97.2 Å². The van der Waals surface area contributed by atoms with Crippen molar-refractivity contribution in [2.45, 2.75) is 19.9 Å². The van der Waals surface area contributed by atoms with Gasteiger partial charge in [0, 0.05) is 26.7 Å². The Hall–Kier alpha value is -2.07. The molecule has 1 rings (SSSR count). The van der Waals surface area contributed by atoms with Gasteiger partial charge in [0.15, 0.2) is 0 Å². The maximum atomic E-state index is 12.4. The molecule has 7 heteroatoms. The van der Waals surface area contributed by atoms with E-state index >= 15 is 0 Å². The third kappa shape index (κ3) is 3.69. The first kappa shape index (κ1) is 15.0. The first-order chi connectivity index (χ1) is 9.15. The third-order valence-electron chi connectivity index (χ3n) is 2.72. The van der Waals surface area contributed by atoms with Crippen LogP contribution in [0.25, 0.3) is 0 Å². The van der Waals surface area contributed by atoms with Crippen molar-refractivity contribution in [3.05, 3.63) is 11.9 Å². The number of nitrogens with two attached hydrogens (primary N) is 1. The van der Waals surface area contributed by atoms with Crippen LogP contribution in [0, 0.1) is 11.3 Å². The van der Waals surface area contributed by atoms with Crippen LogP contribution in [-0.4, -0.2) is 47.4 Å². The highest BCUT2D eigenvalue weighted by molar-refractivity contribution is 5.97. The maximum Gasteiger partial charge on any atom is 0.274 e. The quantitative estimate of drug-likeness (QED) is 0.773. The van der Waals surface area contributed by atoms with Crippen molar-refractivity contribution in [1.82, 2.24) is 14.7 Å². The van der Waals surface area contributed by atoms with E-state index in [9.17, 15) is 4.79 Å². The molecule has 0 aromatic carbocycles. The van der Waals surface area contributed by atoms with Gasteiger partial charge in [-0.25, -0.2) is 0 Å². The van der Waals surface area contributed by atoms with Crippen LogP contribution in [0.3, 0.4) is 0 Å². The highest BCUT2D eigenvalue weighted by atomic mass is 16.5. The zero-order valence-electron chi connectivity index (χ0n) is 11.3. The molecule has 19 heavy (non-hydrogen) atoms. The highest BCUT2D eigenvalue weighted by Gasteiger charge is 2.22. The summed E-state index contributed by atoms with van der Waals surface area (Å²) in [5.74, 6) is -0.218. The highest BCUT2D eigenvalue weighted by Crippen LogP contribution is 2.14. The molecule has 0 radical (unpaired) electrons. The van der Waals surface area contributed by atoms with Crippen molar-refractivity contribution >= 4 is 11.6 Å². The van der Waals surface area contributed by atoms with Gasteiger partial charge in [-0.3, -0.25) is 9.48 Å². The number of hydrogen-bond donors (Lipinski definition) is 1. The van der Waals surface area contributed by atoms with Crippen LogP contribution < -0.4 is 5.73 Å². The lowest BCUT2D eigenvalue weighted by molar-refractivity contribution is 0.0689. The van der Waals surface area contributed by atoms with E-state index < -0.39 is 0 Å². The molecule has 0 saturated carbocycles. The van der Waals surface area contributed by atoms with Crippen molar-refractivity contribution in [2.75, 3.05) is 32.5 Å². The van der Waals surface area contributed by atoms with Crippen molar-refractivity contribution in [1.29, 1.82) is 5.26 Å². The molecule has 1 aromatic rings. The molecule has 0 spiro atoms. The fourth-order valence-corrected chi connectivity index (χ4v) is 1.72. The number of aryl methyl sites for hydroxylation is 1. The van der Waals surface area contributed by atoms with E-state index in [0.29, 0.717) is 37.6 Å². The van der Waals surface area contributed by atoms with E-state index in [4.69, 9.17) is 15.7 Å². The van der Waals surface area contributed by atoms with E-state index in [1.54, 1.807) is 16.7 Å². The lowest BCUT2D eigenvalue weighted by Gasteiger charge is -2.21. The standard InChI is InChI=1S/C12H19N5O2/c1-3-17-11(10(14)9-15-17)12(18)16(6-4-5-13)7-8-19-2/h9H,3-4,6-8,14H2,1-2H3. The Kier molecular flexibility index (Phi) is 5.82. The van der Waals surface area contributed by atoms with Gasteiger partial charge in [0.05, 0.1) is 31.0 Å². The number of nitrogen functional groups attached to an aromatic ring is 1. The molecular weight excluding hydrogens is 246 g/mol. The Morgan fingerprint density at radius 2 is 2.37 bits per heavy atom. The molecule has 0 aliphatic rings. The summed E-state index contributed by atoms with van der Waals surface area (Å²) >= 11 is 0. The molecule has 1 aromatic heterocycles. The van der Waals surface area contributed by atoms with Gasteiger partial charge in [-0.2, -0.15) is 10.4 Å². The Balaban J connectivity index is 2.91. The second-order valence-corrected chi connectivity index (χ2v) is 3.96. The van der Waals surface area contributed by atoms with Crippen LogP contribution in [0.1, 0.15) is 23.8 Å². The first-order valence-electron chi connectivity index (χ1n) is 6.12. The molecule has 1 heterocycles. The Labute approximate surface area is 112 Å². The number of ether oxygens (including phenoxy) is 1. The minimum absolute atomic E-state index is 0.218. The molecule has 7 nitrogen and oxygen atoms in total. The van der Waals surface area contributed by atoms with Crippen molar-refractivity contribution in [3.8, 4) is 6.07 Å². The predicted molar refractivity (Wildman–Crippen MR) is 70.3 cm³/mol. The minimum Gasteiger partial charge on any atom is -0.396 e. The Morgan fingerprint density at radius 1 is 1.63 bits per heavy atom. The smallest absolute Gasteiger partial charge is 0.274 e. The average molecular weight is 265 g/mol. The number of aromatic nitrogens is 2. The van der Waals surface area contributed by atoms with Crippen LogP contribution in [0.4, 0.5) is 5.69 Å². The van der Waals surface area contributed by atoms with Gasteiger partial charge in [-0.1, -0.05) is 0 Å². The number of nitriles is 1. The summed E-state index contributed by atoms with van der Waals surface area (Å²) < 4.78 is 6.54. The monoisotopic (exact) mass is 265 g/mol. The number of hydrogen-bond acceptors (Lipinski definition) is 5. The van der Waals surface area contributed by atoms with Gasteiger partial charge < -0.3 is 15.4 Å². The van der Waals surface area contributed by atoms with E-state index in [1.165, 1.54) is 6.20 Å². The summed E-state index contributed by atoms with van der Waals surface area (Å²) in [4.78, 5) is 14.0. The molecule has 104 valence electrons. The van der Waals surface area contributed by atoms with Gasteiger partial charge in [0.2, 0.25) is 0 Å². The molecule has 2 N–H and O–H groups in total. The number of nitrogens with zero attached hydrogens (tertiary/aromatic N) is 4. The molecule has 1 amide bonds. The Bertz CT molecular complexity index is 463. The maximum absolute atomic E-state index is 12.4. The summed E-state index contributed by atoms with van der Waals surface area (Å²) in [5, 5.41) is 12.7. The van der Waals surface area contributed by atoms with E-state index in [2.05, 4.69) is 5.10 Å². The summed E-state index contributed by atoms with van der Waals surface area (Å²) in [6.07, 6.45) is 1.74. The van der Waals surface area contributed by atoms with Crippen molar-refractivity contribution in [2.24, 2.45) is 0 Å². The Morgan fingerprint density at radius 3 is 2.95 bits per heavy atom. The van der Waals surface area contributed by atoms with E-state index in [1.807, 2.05) is 13.0 Å². The molecule has 0 unspecified atom stereocenters. The molecule has 0 saturated heterocycles.